The van der Waals surface area contributed by atoms with Crippen LogP contribution in [0.2, 0.25) is 0 Å². The van der Waals surface area contributed by atoms with Crippen molar-refractivity contribution in [2.75, 3.05) is 0 Å². The zero-order valence-electron chi connectivity index (χ0n) is 24.8. The minimum absolute atomic E-state index is 0.0155. The van der Waals surface area contributed by atoms with E-state index in [1.807, 2.05) is 0 Å². The van der Waals surface area contributed by atoms with Crippen LogP contribution in [0.15, 0.2) is 165 Å². The van der Waals surface area contributed by atoms with Gasteiger partial charge in [-0.15, -0.1) is 0 Å². The van der Waals surface area contributed by atoms with Gasteiger partial charge in [0, 0.05) is 0 Å². The maximum atomic E-state index is 14.7. The van der Waals surface area contributed by atoms with E-state index in [2.05, 4.69) is 0 Å². The third-order valence-corrected chi connectivity index (χ3v) is 92.5. The Hall–Kier alpha value is -3.23. The molecule has 0 unspecified atom stereocenters. The monoisotopic (exact) mass is 1070 g/mol. The molecule has 3 aliphatic rings. The first kappa shape index (κ1) is 30.8. The first-order valence-electron chi connectivity index (χ1n) is 14.9. The number of rotatable bonds is 2. The third kappa shape index (κ3) is 3.37. The van der Waals surface area contributed by atoms with Gasteiger partial charge in [-0.1, -0.05) is 0 Å². The topological polar surface area (TPSA) is 86.7 Å². The number of hydrogen-bond donors (Lipinski definition) is 0. The van der Waals surface area contributed by atoms with E-state index in [0.29, 0.717) is 19.6 Å². The molecule has 0 aromatic heterocycles. The van der Waals surface area contributed by atoms with E-state index in [0.717, 1.165) is 0 Å². The summed E-state index contributed by atoms with van der Waals surface area (Å²) in [5, 5.41) is 0. The fraction of sp³-hybridized carbons (Fsp3) is 0. The SMILES string of the molecule is O=S1(=O)c2cccc[c]2[Bi]2([c]3ccc(F)cc3)([O][Bi]3([c]4ccc(F)cc4)([O]2)[c]2ccccc2S(=O)(=O)c2cccc[c]23)[c]2ccccc21. The molecule has 9 rings (SSSR count). The van der Waals surface area contributed by atoms with Crippen molar-refractivity contribution in [2.24, 2.45) is 0 Å². The van der Waals surface area contributed by atoms with Crippen LogP contribution in [0, 0.1) is 11.6 Å². The van der Waals surface area contributed by atoms with E-state index < -0.39 is 70.6 Å². The van der Waals surface area contributed by atoms with E-state index in [4.69, 9.17) is 1.78 Å². The molecule has 3 heterocycles. The van der Waals surface area contributed by atoms with Gasteiger partial charge < -0.3 is 0 Å². The van der Waals surface area contributed by atoms with Gasteiger partial charge in [-0.3, -0.25) is 0 Å². The summed E-state index contributed by atoms with van der Waals surface area (Å²) < 4.78 is 105. The molecule has 2 spiro atoms. The maximum absolute atomic E-state index is 14.7. The van der Waals surface area contributed by atoms with E-state index in [1.165, 1.54) is 48.5 Å². The van der Waals surface area contributed by atoms with Crippen molar-refractivity contribution < 1.29 is 27.4 Å². The molecule has 0 amide bonds. The summed E-state index contributed by atoms with van der Waals surface area (Å²) in [6, 6.07) is 37.9. The molecule has 1 saturated heterocycles. The molecule has 0 atom stereocenters. The Morgan fingerprint density at radius 2 is 0.625 bits per heavy atom. The number of benzene rings is 6. The van der Waals surface area contributed by atoms with Gasteiger partial charge in [-0.05, 0) is 0 Å². The molecule has 0 bridgehead atoms. The molecule has 0 aliphatic carbocycles. The van der Waals surface area contributed by atoms with Crippen molar-refractivity contribution in [1.82, 2.24) is 0 Å². The van der Waals surface area contributed by atoms with E-state index in [1.54, 1.807) is 97.1 Å². The molecule has 6 aromatic carbocycles. The Kier molecular flexibility index (Phi) is 6.23. The normalized spacial score (nSPS) is 22.1. The van der Waals surface area contributed by atoms with Crippen molar-refractivity contribution in [3.63, 3.8) is 0 Å². The Bertz CT molecular complexity index is 2310. The predicted octanol–water partition coefficient (Wildman–Crippen LogP) is 2.84. The molecule has 0 saturated carbocycles. The van der Waals surface area contributed by atoms with Crippen LogP contribution in [0.5, 0.6) is 0 Å². The summed E-state index contributed by atoms with van der Waals surface area (Å²) in [4.78, 5) is 0.0621. The fourth-order valence-electron chi connectivity index (χ4n) is 7.70. The molecule has 240 valence electrons. The Morgan fingerprint density at radius 3 is 0.896 bits per heavy atom. The van der Waals surface area contributed by atoms with Crippen LogP contribution in [0.1, 0.15) is 0 Å². The second kappa shape index (κ2) is 9.72. The second-order valence-corrected chi connectivity index (χ2v) is 54.5. The molecule has 6 nitrogen and oxygen atoms in total. The van der Waals surface area contributed by atoms with Crippen LogP contribution in [-0.2, 0) is 21.5 Å². The standard InChI is InChI=1S/2C12H8O2S.2C6H4F.2Bi.2O/c2*13-15(14,11-7-3-1-4-8-11)12-9-5-2-6-10-12;2*7-6-4-2-1-3-5-6;;;;/h2*1-7,9H;2*2-5H;;;;. The predicted molar refractivity (Wildman–Crippen MR) is 181 cm³/mol. The van der Waals surface area contributed by atoms with Crippen LogP contribution in [0.25, 0.3) is 0 Å². The van der Waals surface area contributed by atoms with Crippen molar-refractivity contribution in [2.45, 2.75) is 19.6 Å². The van der Waals surface area contributed by atoms with E-state index in [9.17, 15) is 25.6 Å². The van der Waals surface area contributed by atoms with Crippen LogP contribution < -0.4 is 19.6 Å². The average molecular weight is 1070 g/mol. The third-order valence-electron chi connectivity index (χ3n) is 9.58. The molecule has 3 aliphatic heterocycles. The zero-order valence-corrected chi connectivity index (χ0v) is 33.4. The van der Waals surface area contributed by atoms with Crippen molar-refractivity contribution >= 4 is 78.6 Å². The van der Waals surface area contributed by atoms with Gasteiger partial charge >= 0.3 is 283 Å². The molecule has 48 heavy (non-hydrogen) atoms. The number of fused-ring (bicyclic) bond motifs is 8. The Balaban J connectivity index is 1.55. The zero-order chi connectivity index (χ0) is 33.2. The molecular weight excluding hydrogens is 1050 g/mol. The fourth-order valence-corrected chi connectivity index (χ4v) is 133. The molecular formula is C36H24Bi2F2O6S2. The van der Waals surface area contributed by atoms with E-state index in [-0.39, 0.29) is 19.6 Å². The summed E-state index contributed by atoms with van der Waals surface area (Å²) in [5.41, 5.74) is 0. The van der Waals surface area contributed by atoms with Crippen LogP contribution in [0.3, 0.4) is 0 Å². The number of hydrogen-bond acceptors (Lipinski definition) is 6. The molecule has 0 N–H and O–H groups in total. The molecule has 0 radical (unpaired) electrons. The van der Waals surface area contributed by atoms with Gasteiger partial charge in [0.25, 0.3) is 0 Å². The summed E-state index contributed by atoms with van der Waals surface area (Å²) in [6.45, 7) is 0. The number of sulfone groups is 2. The minimum atomic E-state index is -6.38. The van der Waals surface area contributed by atoms with Crippen molar-refractivity contribution in [3.05, 3.63) is 157 Å². The van der Waals surface area contributed by atoms with Gasteiger partial charge in [0.05, 0.1) is 0 Å². The number of halogens is 2. The summed E-state index contributed by atoms with van der Waals surface area (Å²) >= 11 is -12.8. The summed E-state index contributed by atoms with van der Waals surface area (Å²) in [7, 11) is -8.15. The quantitative estimate of drug-likeness (QED) is 0.249. The van der Waals surface area contributed by atoms with Gasteiger partial charge in [0.15, 0.2) is 0 Å². The van der Waals surface area contributed by atoms with Crippen LogP contribution in [-0.4, -0.2) is 56.2 Å². The van der Waals surface area contributed by atoms with Crippen molar-refractivity contribution in [3.8, 4) is 0 Å². The first-order chi connectivity index (χ1) is 23.0. The molecule has 1 fully saturated rings. The average Bonchev–Trinajstić information content (AvgIpc) is 3.09. The van der Waals surface area contributed by atoms with Crippen LogP contribution in [0.4, 0.5) is 8.78 Å². The second-order valence-electron chi connectivity index (χ2n) is 11.9. The summed E-state index contributed by atoms with van der Waals surface area (Å²) in [5.74, 6) is -1.01. The van der Waals surface area contributed by atoms with Crippen molar-refractivity contribution in [1.29, 1.82) is 0 Å². The Labute approximate surface area is 280 Å². The van der Waals surface area contributed by atoms with E-state index >= 15 is 0 Å². The Morgan fingerprint density at radius 1 is 0.375 bits per heavy atom. The van der Waals surface area contributed by atoms with Gasteiger partial charge in [0.2, 0.25) is 0 Å². The summed E-state index contributed by atoms with van der Waals surface area (Å²) in [6.07, 6.45) is 0. The van der Waals surface area contributed by atoms with Crippen LogP contribution >= 0.6 is 0 Å². The van der Waals surface area contributed by atoms with Gasteiger partial charge in [-0.25, -0.2) is 0 Å². The van der Waals surface area contributed by atoms with Gasteiger partial charge in [0.1, 0.15) is 0 Å². The molecule has 6 aromatic rings. The van der Waals surface area contributed by atoms with Gasteiger partial charge in [-0.2, -0.15) is 0 Å². The molecule has 12 heteroatoms. The first-order valence-corrected chi connectivity index (χ1v) is 34.0.